The van der Waals surface area contributed by atoms with Gasteiger partial charge in [-0.05, 0) is 35.4 Å². The third-order valence-electron chi connectivity index (χ3n) is 3.90. The average Bonchev–Trinajstić information content (AvgIpc) is 2.85. The molecule has 2 aromatic carbocycles. The van der Waals surface area contributed by atoms with E-state index in [-0.39, 0.29) is 11.3 Å². The van der Waals surface area contributed by atoms with Gasteiger partial charge in [0, 0.05) is 0 Å². The molecule has 1 aliphatic heterocycles. The first-order valence-electron chi connectivity index (χ1n) is 7.33. The van der Waals surface area contributed by atoms with E-state index >= 15 is 0 Å². The molecule has 0 radical (unpaired) electrons. The van der Waals surface area contributed by atoms with E-state index in [1.54, 1.807) is 42.5 Å². The van der Waals surface area contributed by atoms with Crippen molar-refractivity contribution in [3.05, 3.63) is 53.6 Å². The molecule has 0 bridgehead atoms. The molecule has 0 aliphatic carbocycles. The largest absolute Gasteiger partial charge is 0.480 e. The fraction of sp³-hybridized carbons (Fsp3) is 0.111. The molecule has 0 fully saturated rings. The van der Waals surface area contributed by atoms with Crippen LogP contribution in [0, 0.1) is 0 Å². The quantitative estimate of drug-likeness (QED) is 0.673. The van der Waals surface area contributed by atoms with Gasteiger partial charge in [-0.15, -0.1) is 0 Å². The second-order valence-electron chi connectivity index (χ2n) is 5.42. The Kier molecular flexibility index (Phi) is 4.06. The highest BCUT2D eigenvalue weighted by Gasteiger charge is 2.36. The Hall–Kier alpha value is -3.48. The number of nitrogens with zero attached hydrogens (tertiary/aromatic N) is 1. The van der Waals surface area contributed by atoms with Crippen molar-refractivity contribution in [2.45, 2.75) is 0 Å². The third-order valence-corrected chi connectivity index (χ3v) is 3.90. The Morgan fingerprint density at radius 2 is 1.68 bits per heavy atom. The monoisotopic (exact) mass is 339 g/mol. The van der Waals surface area contributed by atoms with E-state index in [0.717, 1.165) is 10.5 Å². The first-order chi connectivity index (χ1) is 11.9. The van der Waals surface area contributed by atoms with Crippen molar-refractivity contribution >= 4 is 29.3 Å². The molecule has 1 heterocycles. The van der Waals surface area contributed by atoms with Crippen LogP contribution in [0.5, 0.6) is 0 Å². The lowest BCUT2D eigenvalue weighted by Crippen LogP contribution is -2.34. The number of ether oxygens (including phenoxy) is 1. The fourth-order valence-electron chi connectivity index (χ4n) is 2.69. The highest BCUT2D eigenvalue weighted by atomic mass is 16.5. The van der Waals surface area contributed by atoms with Crippen molar-refractivity contribution < 1.29 is 29.0 Å². The van der Waals surface area contributed by atoms with Crippen LogP contribution in [-0.4, -0.2) is 42.4 Å². The van der Waals surface area contributed by atoms with Gasteiger partial charge < -0.3 is 9.84 Å². The van der Waals surface area contributed by atoms with Crippen molar-refractivity contribution in [3.63, 3.8) is 0 Å². The van der Waals surface area contributed by atoms with Crippen LogP contribution in [0.25, 0.3) is 11.1 Å². The van der Waals surface area contributed by atoms with Gasteiger partial charge in [-0.2, -0.15) is 0 Å². The van der Waals surface area contributed by atoms with E-state index in [1.165, 1.54) is 7.11 Å². The number of amides is 1. The number of benzene rings is 2. The number of hydrogen-bond donors (Lipinski definition) is 1. The van der Waals surface area contributed by atoms with E-state index in [4.69, 9.17) is 5.11 Å². The normalized spacial score (nSPS) is 12.9. The van der Waals surface area contributed by atoms with Gasteiger partial charge in [0.25, 0.3) is 11.7 Å². The van der Waals surface area contributed by atoms with Crippen LogP contribution < -0.4 is 4.90 Å². The second kappa shape index (κ2) is 6.20. The summed E-state index contributed by atoms with van der Waals surface area (Å²) in [5.74, 6) is -3.23. The lowest BCUT2D eigenvalue weighted by Gasteiger charge is -2.13. The van der Waals surface area contributed by atoms with E-state index < -0.39 is 30.2 Å². The SMILES string of the molecule is COC(=O)c1ccc(-c2ccc3c(c2)C(=O)C(=O)N3CC(=O)O)cc1. The molecule has 7 nitrogen and oxygen atoms in total. The Balaban J connectivity index is 1.97. The number of esters is 1. The van der Waals surface area contributed by atoms with E-state index in [1.807, 2.05) is 0 Å². The molecule has 0 spiro atoms. The minimum atomic E-state index is -1.20. The summed E-state index contributed by atoms with van der Waals surface area (Å²) in [6, 6.07) is 11.4. The van der Waals surface area contributed by atoms with Crippen LogP contribution in [0.15, 0.2) is 42.5 Å². The molecule has 3 rings (SSSR count). The van der Waals surface area contributed by atoms with Crippen molar-refractivity contribution in [2.24, 2.45) is 0 Å². The molecule has 0 atom stereocenters. The molecule has 1 amide bonds. The number of methoxy groups -OCH3 is 1. The van der Waals surface area contributed by atoms with Gasteiger partial charge in [-0.3, -0.25) is 19.3 Å². The number of fused-ring (bicyclic) bond motifs is 1. The third kappa shape index (κ3) is 2.87. The number of carboxylic acid groups (broad SMARTS) is 1. The Labute approximate surface area is 142 Å². The predicted molar refractivity (Wildman–Crippen MR) is 87.5 cm³/mol. The van der Waals surface area contributed by atoms with Gasteiger partial charge in [0.05, 0.1) is 23.9 Å². The topological polar surface area (TPSA) is 101 Å². The zero-order valence-electron chi connectivity index (χ0n) is 13.2. The van der Waals surface area contributed by atoms with E-state index in [2.05, 4.69) is 4.74 Å². The summed E-state index contributed by atoms with van der Waals surface area (Å²) in [6.45, 7) is -0.565. The average molecular weight is 339 g/mol. The number of aliphatic carboxylic acids is 1. The maximum Gasteiger partial charge on any atom is 0.337 e. The summed E-state index contributed by atoms with van der Waals surface area (Å²) >= 11 is 0. The highest BCUT2D eigenvalue weighted by Crippen LogP contribution is 2.33. The van der Waals surface area contributed by atoms with Crippen LogP contribution in [0.4, 0.5) is 5.69 Å². The molecular weight excluding hydrogens is 326 g/mol. The minimum absolute atomic E-state index is 0.167. The Morgan fingerprint density at radius 3 is 2.28 bits per heavy atom. The molecular formula is C18H13NO6. The van der Waals surface area contributed by atoms with Gasteiger partial charge in [0.2, 0.25) is 0 Å². The number of hydrogen-bond acceptors (Lipinski definition) is 5. The zero-order chi connectivity index (χ0) is 18.1. The van der Waals surface area contributed by atoms with Crippen LogP contribution in [0.2, 0.25) is 0 Å². The van der Waals surface area contributed by atoms with Gasteiger partial charge in [0.1, 0.15) is 6.54 Å². The molecule has 2 aromatic rings. The zero-order valence-corrected chi connectivity index (χ0v) is 13.2. The standard InChI is InChI=1S/C18H13NO6/c1-25-18(24)11-4-2-10(3-5-11)12-6-7-14-13(8-12)16(22)17(23)19(14)9-15(20)21/h2-8H,9H2,1H3,(H,20,21). The molecule has 1 aliphatic rings. The number of carbonyl (C=O) groups excluding carboxylic acids is 3. The summed E-state index contributed by atoms with van der Waals surface area (Å²) in [6.07, 6.45) is 0. The minimum Gasteiger partial charge on any atom is -0.480 e. The van der Waals surface area contributed by atoms with E-state index in [0.29, 0.717) is 11.1 Å². The van der Waals surface area contributed by atoms with Crippen molar-refractivity contribution in [3.8, 4) is 11.1 Å². The van der Waals surface area contributed by atoms with Gasteiger partial charge in [-0.1, -0.05) is 18.2 Å². The maximum absolute atomic E-state index is 12.1. The van der Waals surface area contributed by atoms with Crippen molar-refractivity contribution in [1.29, 1.82) is 0 Å². The van der Waals surface area contributed by atoms with Crippen molar-refractivity contribution in [1.82, 2.24) is 0 Å². The van der Waals surface area contributed by atoms with E-state index in [9.17, 15) is 19.2 Å². The van der Waals surface area contributed by atoms with Gasteiger partial charge in [0.15, 0.2) is 0 Å². The summed E-state index contributed by atoms with van der Waals surface area (Å²) < 4.78 is 4.64. The van der Waals surface area contributed by atoms with Crippen LogP contribution in [0.1, 0.15) is 20.7 Å². The number of anilines is 1. The molecule has 126 valence electrons. The van der Waals surface area contributed by atoms with Crippen LogP contribution in [0.3, 0.4) is 0 Å². The summed E-state index contributed by atoms with van der Waals surface area (Å²) in [4.78, 5) is 47.4. The first-order valence-corrected chi connectivity index (χ1v) is 7.33. The van der Waals surface area contributed by atoms with Crippen LogP contribution in [-0.2, 0) is 14.3 Å². The number of Topliss-reactive ketones (excluding diaryl/α,β-unsaturated/α-hetero) is 1. The fourth-order valence-corrected chi connectivity index (χ4v) is 2.69. The molecule has 0 aromatic heterocycles. The highest BCUT2D eigenvalue weighted by molar-refractivity contribution is 6.52. The number of carbonyl (C=O) groups is 4. The summed E-state index contributed by atoms with van der Waals surface area (Å²) in [5.41, 5.74) is 2.26. The van der Waals surface area contributed by atoms with Crippen LogP contribution >= 0.6 is 0 Å². The smallest absolute Gasteiger partial charge is 0.337 e. The number of rotatable bonds is 4. The Morgan fingerprint density at radius 1 is 1.04 bits per heavy atom. The molecule has 7 heteroatoms. The maximum atomic E-state index is 12.1. The predicted octanol–water partition coefficient (Wildman–Crippen LogP) is 1.75. The molecule has 25 heavy (non-hydrogen) atoms. The molecule has 0 saturated carbocycles. The summed E-state index contributed by atoms with van der Waals surface area (Å²) in [7, 11) is 1.29. The molecule has 1 N–H and O–H groups in total. The van der Waals surface area contributed by atoms with Crippen molar-refractivity contribution in [2.75, 3.05) is 18.6 Å². The first kappa shape index (κ1) is 16.4. The summed E-state index contributed by atoms with van der Waals surface area (Å²) in [5, 5.41) is 8.88. The number of carboxylic acids is 1. The molecule has 0 saturated heterocycles. The second-order valence-corrected chi connectivity index (χ2v) is 5.42. The Bertz CT molecular complexity index is 900. The van der Waals surface area contributed by atoms with Gasteiger partial charge >= 0.3 is 11.9 Å². The lowest BCUT2D eigenvalue weighted by atomic mass is 10.00. The lowest BCUT2D eigenvalue weighted by molar-refractivity contribution is -0.136. The number of ketones is 1. The molecule has 0 unspecified atom stereocenters. The van der Waals surface area contributed by atoms with Gasteiger partial charge in [-0.25, -0.2) is 4.79 Å².